The highest BCUT2D eigenvalue weighted by Crippen LogP contribution is 2.55. The van der Waals surface area contributed by atoms with E-state index in [4.69, 9.17) is 0 Å². The molecule has 6 rings (SSSR count). The zero-order chi connectivity index (χ0) is 21.8. The van der Waals surface area contributed by atoms with Crippen molar-refractivity contribution in [3.63, 3.8) is 0 Å². The number of phenolic OH excluding ortho intramolecular Hbond substituents is 1. The number of carbonyl (C=O) groups excluding carboxylic acids is 1. The lowest BCUT2D eigenvalue weighted by atomic mass is 9.53. The summed E-state index contributed by atoms with van der Waals surface area (Å²) in [6.45, 7) is 0. The minimum Gasteiger partial charge on any atom is -0.508 e. The highest BCUT2D eigenvalue weighted by molar-refractivity contribution is 6.01. The number of allylic oxidation sites excluding steroid dienone is 1. The minimum absolute atomic E-state index is 0.102. The van der Waals surface area contributed by atoms with Crippen LogP contribution in [-0.4, -0.2) is 22.6 Å². The third kappa shape index (κ3) is 3.81. The molecule has 0 radical (unpaired) electrons. The topological polar surface area (TPSA) is 49.3 Å². The first-order valence-corrected chi connectivity index (χ1v) is 11.0. The van der Waals surface area contributed by atoms with E-state index in [1.54, 1.807) is 18.2 Å². The second-order valence-corrected chi connectivity index (χ2v) is 9.80. The summed E-state index contributed by atoms with van der Waals surface area (Å²) >= 11 is 0. The predicted molar refractivity (Wildman–Crippen MR) is 113 cm³/mol. The fraction of sp³-hybridized carbons (Fsp3) is 0.480. The predicted octanol–water partition coefficient (Wildman–Crippen LogP) is 5.66. The number of halogens is 3. The van der Waals surface area contributed by atoms with Gasteiger partial charge in [-0.1, -0.05) is 30.3 Å². The van der Waals surface area contributed by atoms with Gasteiger partial charge in [0.2, 0.25) is 0 Å². The first-order chi connectivity index (χ1) is 14.7. The molecule has 0 aliphatic heterocycles. The first kappa shape index (κ1) is 20.4. The number of phenols is 1. The van der Waals surface area contributed by atoms with Gasteiger partial charge < -0.3 is 10.4 Å². The molecule has 2 N–H and O–H groups in total. The van der Waals surface area contributed by atoms with Crippen LogP contribution >= 0.6 is 0 Å². The number of Topliss-reactive ketones (excluding diaryl/α,β-unsaturated/α-hetero) is 1. The fourth-order valence-electron chi connectivity index (χ4n) is 6.61. The lowest BCUT2D eigenvalue weighted by Crippen LogP contribution is -2.57. The molecule has 0 heterocycles. The van der Waals surface area contributed by atoms with Crippen molar-refractivity contribution in [3.8, 4) is 5.75 Å². The maximum atomic E-state index is 13.4. The smallest absolute Gasteiger partial charge is 0.454 e. The summed E-state index contributed by atoms with van der Waals surface area (Å²) < 4.78 is 40.3. The lowest BCUT2D eigenvalue weighted by molar-refractivity contribution is -0.166. The molecule has 6 heteroatoms. The van der Waals surface area contributed by atoms with Crippen molar-refractivity contribution in [1.82, 2.24) is 5.32 Å². The van der Waals surface area contributed by atoms with Gasteiger partial charge in [0, 0.05) is 29.3 Å². The quantitative estimate of drug-likeness (QED) is 0.603. The standard InChI is InChI=1S/C25H26F3NO2/c26-25(27,28)23(31)19(10-21-20-4-2-1-3-18(20)5-6-22(21)30)14-29-24-11-15-7-16(12-24)9-17(8-15)13-24/h1-6,14-17,29-30H,7-13H2/b19-14+. The van der Waals surface area contributed by atoms with E-state index in [1.807, 2.05) is 12.1 Å². The molecule has 0 spiro atoms. The number of alkyl halides is 3. The number of carbonyl (C=O) groups is 1. The largest absolute Gasteiger partial charge is 0.508 e. The van der Waals surface area contributed by atoms with Gasteiger partial charge in [-0.25, -0.2) is 0 Å². The average molecular weight is 429 g/mol. The number of benzene rings is 2. The molecule has 4 saturated carbocycles. The number of ketones is 1. The molecule has 0 unspecified atom stereocenters. The van der Waals surface area contributed by atoms with Crippen LogP contribution in [0.15, 0.2) is 48.2 Å². The van der Waals surface area contributed by atoms with E-state index in [0.717, 1.165) is 24.6 Å². The summed E-state index contributed by atoms with van der Waals surface area (Å²) in [6, 6.07) is 10.4. The number of aromatic hydroxyl groups is 1. The SMILES string of the molecule is O=C(/C(=C/NC12CC3CC(CC(C3)C1)C2)Cc1c(O)ccc2ccccc12)C(F)(F)F. The van der Waals surface area contributed by atoms with Crippen molar-refractivity contribution < 1.29 is 23.1 Å². The third-order valence-electron chi connectivity index (χ3n) is 7.52. The molecule has 4 bridgehead atoms. The van der Waals surface area contributed by atoms with Gasteiger partial charge in [0.15, 0.2) is 0 Å². The van der Waals surface area contributed by atoms with E-state index in [9.17, 15) is 23.1 Å². The van der Waals surface area contributed by atoms with Crippen LogP contribution in [0.3, 0.4) is 0 Å². The number of fused-ring (bicyclic) bond motifs is 1. The van der Waals surface area contributed by atoms with Crippen molar-refractivity contribution in [2.24, 2.45) is 17.8 Å². The molecule has 2 aromatic rings. The Bertz CT molecular complexity index is 1020. The first-order valence-electron chi connectivity index (χ1n) is 11.0. The number of hydrogen-bond acceptors (Lipinski definition) is 3. The Morgan fingerprint density at radius 3 is 2.26 bits per heavy atom. The summed E-state index contributed by atoms with van der Waals surface area (Å²) in [6.07, 6.45) is 2.63. The Kier molecular flexibility index (Phi) is 4.79. The molecule has 0 amide bonds. The van der Waals surface area contributed by atoms with Gasteiger partial charge >= 0.3 is 6.18 Å². The highest BCUT2D eigenvalue weighted by Gasteiger charge is 2.50. The maximum Gasteiger partial charge on any atom is 0.454 e. The monoisotopic (exact) mass is 429 g/mol. The van der Waals surface area contributed by atoms with Crippen molar-refractivity contribution in [1.29, 1.82) is 0 Å². The molecule has 4 aliphatic carbocycles. The van der Waals surface area contributed by atoms with Crippen LogP contribution in [0, 0.1) is 17.8 Å². The van der Waals surface area contributed by atoms with E-state index in [1.165, 1.54) is 31.5 Å². The number of nitrogens with one attached hydrogen (secondary N) is 1. The van der Waals surface area contributed by atoms with Gasteiger partial charge in [0.05, 0.1) is 0 Å². The van der Waals surface area contributed by atoms with Crippen LogP contribution in [0.4, 0.5) is 13.2 Å². The molecular formula is C25H26F3NO2. The van der Waals surface area contributed by atoms with Crippen LogP contribution in [0.1, 0.15) is 44.1 Å². The Labute approximate surface area is 179 Å². The molecule has 2 aromatic carbocycles. The molecule has 3 nitrogen and oxygen atoms in total. The van der Waals surface area contributed by atoms with Gasteiger partial charge in [0.1, 0.15) is 5.75 Å². The molecule has 0 atom stereocenters. The summed E-state index contributed by atoms with van der Waals surface area (Å²) in [5.74, 6) is -0.0467. The molecule has 4 fully saturated rings. The zero-order valence-corrected chi connectivity index (χ0v) is 17.2. The van der Waals surface area contributed by atoms with Gasteiger partial charge in [-0.15, -0.1) is 0 Å². The summed E-state index contributed by atoms with van der Waals surface area (Å²) in [7, 11) is 0. The normalized spacial score (nSPS) is 30.0. The van der Waals surface area contributed by atoms with Crippen LogP contribution in [0.5, 0.6) is 5.75 Å². The fourth-order valence-corrected chi connectivity index (χ4v) is 6.61. The average Bonchev–Trinajstić information content (AvgIpc) is 2.70. The van der Waals surface area contributed by atoms with Crippen molar-refractivity contribution in [2.45, 2.75) is 56.7 Å². The second-order valence-electron chi connectivity index (χ2n) is 9.80. The zero-order valence-electron chi connectivity index (χ0n) is 17.2. The van der Waals surface area contributed by atoms with E-state index in [2.05, 4.69) is 5.32 Å². The van der Waals surface area contributed by atoms with Gasteiger partial charge in [-0.3, -0.25) is 4.79 Å². The summed E-state index contributed by atoms with van der Waals surface area (Å²) in [5, 5.41) is 15.2. The van der Waals surface area contributed by atoms with Crippen LogP contribution in [0.2, 0.25) is 0 Å². The molecule has 164 valence electrons. The lowest BCUT2D eigenvalue weighted by Gasteiger charge is -2.57. The van der Waals surface area contributed by atoms with E-state index in [-0.39, 0.29) is 23.3 Å². The number of rotatable bonds is 5. The Morgan fingerprint density at radius 1 is 1.03 bits per heavy atom. The van der Waals surface area contributed by atoms with Crippen molar-refractivity contribution in [3.05, 3.63) is 53.7 Å². The van der Waals surface area contributed by atoms with E-state index >= 15 is 0 Å². The van der Waals surface area contributed by atoms with E-state index in [0.29, 0.717) is 28.7 Å². The molecule has 0 saturated heterocycles. The molecule has 4 aliphatic rings. The maximum absolute atomic E-state index is 13.4. The highest BCUT2D eigenvalue weighted by atomic mass is 19.4. The van der Waals surface area contributed by atoms with Crippen LogP contribution in [-0.2, 0) is 11.2 Å². The molecular weight excluding hydrogens is 403 g/mol. The van der Waals surface area contributed by atoms with Gasteiger partial charge in [-0.2, -0.15) is 13.2 Å². The summed E-state index contributed by atoms with van der Waals surface area (Å²) in [4.78, 5) is 12.3. The minimum atomic E-state index is -4.96. The Morgan fingerprint density at radius 2 is 1.65 bits per heavy atom. The molecule has 31 heavy (non-hydrogen) atoms. The van der Waals surface area contributed by atoms with Crippen molar-refractivity contribution >= 4 is 16.6 Å². The van der Waals surface area contributed by atoms with Crippen molar-refractivity contribution in [2.75, 3.05) is 0 Å². The summed E-state index contributed by atoms with van der Waals surface area (Å²) in [5.41, 5.74) is -0.212. The van der Waals surface area contributed by atoms with Crippen LogP contribution < -0.4 is 5.32 Å². The third-order valence-corrected chi connectivity index (χ3v) is 7.52. The van der Waals surface area contributed by atoms with Crippen LogP contribution in [0.25, 0.3) is 10.8 Å². The van der Waals surface area contributed by atoms with Gasteiger partial charge in [0.25, 0.3) is 5.78 Å². The Balaban J connectivity index is 1.49. The van der Waals surface area contributed by atoms with Gasteiger partial charge in [-0.05, 0) is 73.1 Å². The Hall–Kier alpha value is -2.50. The number of hydrogen-bond donors (Lipinski definition) is 2. The second kappa shape index (κ2) is 7.28. The van der Waals surface area contributed by atoms with E-state index < -0.39 is 12.0 Å². The molecule has 0 aromatic heterocycles.